The van der Waals surface area contributed by atoms with Crippen LogP contribution < -0.4 is 5.32 Å². The highest BCUT2D eigenvalue weighted by molar-refractivity contribution is 5.23. The van der Waals surface area contributed by atoms with E-state index in [1.165, 1.54) is 12.8 Å². The molecule has 0 spiro atoms. The fourth-order valence-electron chi connectivity index (χ4n) is 2.69. The molecule has 1 saturated heterocycles. The summed E-state index contributed by atoms with van der Waals surface area (Å²) in [5.41, 5.74) is 1.94. The summed E-state index contributed by atoms with van der Waals surface area (Å²) in [5, 5.41) is 3.38. The molecular weight excluding hydrogens is 227 g/mol. The van der Waals surface area contributed by atoms with Gasteiger partial charge in [0.05, 0.1) is 0 Å². The van der Waals surface area contributed by atoms with Crippen LogP contribution >= 0.6 is 0 Å². The second kappa shape index (κ2) is 6.30. The van der Waals surface area contributed by atoms with Gasteiger partial charge in [-0.2, -0.15) is 0 Å². The van der Waals surface area contributed by atoms with Crippen LogP contribution in [0.25, 0.3) is 0 Å². The van der Waals surface area contributed by atoms with Crippen LogP contribution in [0.1, 0.15) is 24.0 Å². The first-order chi connectivity index (χ1) is 8.65. The Bertz CT molecular complexity index is 386. The van der Waals surface area contributed by atoms with Crippen molar-refractivity contribution in [2.24, 2.45) is 5.92 Å². The normalized spacial score (nSPS) is 17.3. The Labute approximate surface area is 109 Å². The monoisotopic (exact) mass is 250 g/mol. The number of halogens is 1. The third kappa shape index (κ3) is 3.79. The molecule has 0 saturated carbocycles. The van der Waals surface area contributed by atoms with E-state index in [-0.39, 0.29) is 5.82 Å². The third-order valence-electron chi connectivity index (χ3n) is 3.67. The molecule has 3 heteroatoms. The Hall–Kier alpha value is -0.930. The average Bonchev–Trinajstić information content (AvgIpc) is 2.35. The molecule has 0 aliphatic carbocycles. The zero-order valence-corrected chi connectivity index (χ0v) is 11.4. The molecule has 0 bridgehead atoms. The first kappa shape index (κ1) is 13.5. The van der Waals surface area contributed by atoms with E-state index in [2.05, 4.69) is 17.3 Å². The second-order valence-corrected chi connectivity index (χ2v) is 5.48. The Morgan fingerprint density at radius 2 is 2.06 bits per heavy atom. The summed E-state index contributed by atoms with van der Waals surface area (Å²) in [5.74, 6) is 0.668. The van der Waals surface area contributed by atoms with Crippen LogP contribution in [0.3, 0.4) is 0 Å². The lowest BCUT2D eigenvalue weighted by atomic mass is 9.97. The Balaban J connectivity index is 1.89. The molecule has 1 aliphatic heterocycles. The molecule has 0 atom stereocenters. The fourth-order valence-corrected chi connectivity index (χ4v) is 2.69. The highest BCUT2D eigenvalue weighted by atomic mass is 19.1. The lowest BCUT2D eigenvalue weighted by molar-refractivity contribution is 0.232. The Kier molecular flexibility index (Phi) is 4.72. The van der Waals surface area contributed by atoms with Crippen molar-refractivity contribution in [3.63, 3.8) is 0 Å². The van der Waals surface area contributed by atoms with Gasteiger partial charge < -0.3 is 10.2 Å². The summed E-state index contributed by atoms with van der Waals surface area (Å²) < 4.78 is 13.7. The summed E-state index contributed by atoms with van der Waals surface area (Å²) in [6.45, 7) is 6.02. The highest BCUT2D eigenvalue weighted by Gasteiger charge is 2.15. The van der Waals surface area contributed by atoms with Gasteiger partial charge in [0, 0.05) is 18.7 Å². The van der Waals surface area contributed by atoms with Crippen molar-refractivity contribution in [3.05, 3.63) is 35.1 Å². The predicted molar refractivity (Wildman–Crippen MR) is 73.1 cm³/mol. The molecule has 1 heterocycles. The molecule has 0 unspecified atom stereocenters. The maximum Gasteiger partial charge on any atom is 0.127 e. The zero-order chi connectivity index (χ0) is 13.0. The molecule has 2 rings (SSSR count). The number of aryl methyl sites for hydroxylation is 1. The first-order valence-corrected chi connectivity index (χ1v) is 6.79. The van der Waals surface area contributed by atoms with Gasteiger partial charge in [0.2, 0.25) is 0 Å². The highest BCUT2D eigenvalue weighted by Crippen LogP contribution is 2.16. The van der Waals surface area contributed by atoms with E-state index >= 15 is 0 Å². The minimum Gasteiger partial charge on any atom is -0.317 e. The number of benzene rings is 1. The van der Waals surface area contributed by atoms with E-state index in [1.807, 2.05) is 19.1 Å². The van der Waals surface area contributed by atoms with Gasteiger partial charge in [-0.25, -0.2) is 4.39 Å². The van der Waals surface area contributed by atoms with Crippen LogP contribution in [0.15, 0.2) is 18.2 Å². The second-order valence-electron chi connectivity index (χ2n) is 5.48. The Morgan fingerprint density at radius 1 is 1.33 bits per heavy atom. The molecule has 1 aromatic carbocycles. The standard InChI is InChI=1S/C15H23FN2/c1-12-3-4-15(16)14(9-12)11-18(2)10-13-5-7-17-8-6-13/h3-4,9,13,17H,5-8,10-11H2,1-2H3. The summed E-state index contributed by atoms with van der Waals surface area (Å²) in [6.07, 6.45) is 2.47. The van der Waals surface area contributed by atoms with E-state index in [9.17, 15) is 4.39 Å². The molecule has 18 heavy (non-hydrogen) atoms. The quantitative estimate of drug-likeness (QED) is 0.883. The van der Waals surface area contributed by atoms with Gasteiger partial charge in [0.25, 0.3) is 0 Å². The zero-order valence-electron chi connectivity index (χ0n) is 11.4. The minimum atomic E-state index is -0.0854. The summed E-state index contributed by atoms with van der Waals surface area (Å²) in [6, 6.07) is 5.35. The van der Waals surface area contributed by atoms with E-state index in [4.69, 9.17) is 0 Å². The van der Waals surface area contributed by atoms with Gasteiger partial charge in [-0.15, -0.1) is 0 Å². The summed E-state index contributed by atoms with van der Waals surface area (Å²) in [7, 11) is 2.09. The SMILES string of the molecule is Cc1ccc(F)c(CN(C)CC2CCNCC2)c1. The molecule has 0 radical (unpaired) electrons. The van der Waals surface area contributed by atoms with Gasteiger partial charge in [0.1, 0.15) is 5.82 Å². The Morgan fingerprint density at radius 3 is 2.78 bits per heavy atom. The summed E-state index contributed by atoms with van der Waals surface area (Å²) >= 11 is 0. The van der Waals surface area contributed by atoms with Gasteiger partial charge >= 0.3 is 0 Å². The van der Waals surface area contributed by atoms with E-state index in [0.717, 1.165) is 36.7 Å². The lowest BCUT2D eigenvalue weighted by Gasteiger charge is -2.27. The molecule has 100 valence electrons. The molecule has 1 aromatic rings. The van der Waals surface area contributed by atoms with Crippen LogP contribution in [0.5, 0.6) is 0 Å². The number of nitrogens with zero attached hydrogens (tertiary/aromatic N) is 1. The first-order valence-electron chi connectivity index (χ1n) is 6.79. The van der Waals surface area contributed by atoms with Gasteiger partial charge in [-0.1, -0.05) is 17.7 Å². The van der Waals surface area contributed by atoms with Crippen molar-refractivity contribution in [3.8, 4) is 0 Å². The molecule has 0 amide bonds. The number of hydrogen-bond donors (Lipinski definition) is 1. The van der Waals surface area contributed by atoms with Crippen LogP contribution in [-0.2, 0) is 6.54 Å². The molecule has 2 nitrogen and oxygen atoms in total. The summed E-state index contributed by atoms with van der Waals surface area (Å²) in [4.78, 5) is 2.24. The van der Waals surface area contributed by atoms with Crippen molar-refractivity contribution in [2.75, 3.05) is 26.7 Å². The van der Waals surface area contributed by atoms with Crippen molar-refractivity contribution in [1.29, 1.82) is 0 Å². The van der Waals surface area contributed by atoms with Gasteiger partial charge in [-0.3, -0.25) is 0 Å². The van der Waals surface area contributed by atoms with Crippen LogP contribution in [0.2, 0.25) is 0 Å². The van der Waals surface area contributed by atoms with E-state index in [1.54, 1.807) is 6.07 Å². The van der Waals surface area contributed by atoms with Crippen LogP contribution in [-0.4, -0.2) is 31.6 Å². The molecular formula is C15H23FN2. The lowest BCUT2D eigenvalue weighted by Crippen LogP contribution is -2.34. The number of nitrogens with one attached hydrogen (secondary N) is 1. The topological polar surface area (TPSA) is 15.3 Å². The molecule has 1 fully saturated rings. The smallest absolute Gasteiger partial charge is 0.127 e. The van der Waals surface area contributed by atoms with Gasteiger partial charge in [-0.05, 0) is 51.9 Å². The van der Waals surface area contributed by atoms with E-state index in [0.29, 0.717) is 6.54 Å². The van der Waals surface area contributed by atoms with Crippen molar-refractivity contribution >= 4 is 0 Å². The maximum atomic E-state index is 13.7. The van der Waals surface area contributed by atoms with Crippen LogP contribution in [0, 0.1) is 18.7 Å². The minimum absolute atomic E-state index is 0.0854. The van der Waals surface area contributed by atoms with Gasteiger partial charge in [0.15, 0.2) is 0 Å². The molecule has 1 N–H and O–H groups in total. The largest absolute Gasteiger partial charge is 0.317 e. The van der Waals surface area contributed by atoms with Crippen molar-refractivity contribution in [2.45, 2.75) is 26.3 Å². The van der Waals surface area contributed by atoms with Crippen molar-refractivity contribution in [1.82, 2.24) is 10.2 Å². The maximum absolute atomic E-state index is 13.7. The number of piperidine rings is 1. The molecule has 1 aliphatic rings. The number of hydrogen-bond acceptors (Lipinski definition) is 2. The van der Waals surface area contributed by atoms with Crippen LogP contribution in [0.4, 0.5) is 4.39 Å². The van der Waals surface area contributed by atoms with E-state index < -0.39 is 0 Å². The number of rotatable bonds is 4. The van der Waals surface area contributed by atoms with Crippen molar-refractivity contribution < 1.29 is 4.39 Å². The fraction of sp³-hybridized carbons (Fsp3) is 0.600. The molecule has 0 aromatic heterocycles. The predicted octanol–water partition coefficient (Wildman–Crippen LogP) is 2.57. The average molecular weight is 250 g/mol. The third-order valence-corrected chi connectivity index (χ3v) is 3.67.